The van der Waals surface area contributed by atoms with Crippen LogP contribution in [0, 0.1) is 0 Å². The molecule has 0 aliphatic heterocycles. The van der Waals surface area contributed by atoms with Crippen LogP contribution >= 0.6 is 0 Å². The van der Waals surface area contributed by atoms with E-state index >= 15 is 0 Å². The summed E-state index contributed by atoms with van der Waals surface area (Å²) in [5.41, 5.74) is 4.96. The van der Waals surface area contributed by atoms with E-state index in [1.54, 1.807) is 0 Å². The van der Waals surface area contributed by atoms with Crippen LogP contribution in [0.2, 0.25) is 0 Å². The SMILES string of the molecule is CCc1ncc(S(=O)(=O)NC(C)C(N)=O)[nH]1. The molecule has 1 heterocycles. The number of nitrogens with one attached hydrogen (secondary N) is 2. The number of carbonyl (C=O) groups excluding carboxylic acids is 1. The minimum Gasteiger partial charge on any atom is -0.368 e. The average molecular weight is 246 g/mol. The minimum absolute atomic E-state index is 0.0718. The number of rotatable bonds is 5. The molecule has 0 bridgehead atoms. The van der Waals surface area contributed by atoms with Crippen molar-refractivity contribution >= 4 is 15.9 Å². The van der Waals surface area contributed by atoms with Gasteiger partial charge in [-0.25, -0.2) is 13.4 Å². The molecule has 1 amide bonds. The van der Waals surface area contributed by atoms with Gasteiger partial charge in [0.05, 0.1) is 12.2 Å². The number of H-pyrrole nitrogens is 1. The first-order chi connectivity index (χ1) is 7.36. The number of nitrogens with two attached hydrogens (primary N) is 1. The van der Waals surface area contributed by atoms with Crippen LogP contribution in [-0.4, -0.2) is 30.3 Å². The second-order valence-corrected chi connectivity index (χ2v) is 4.98. The van der Waals surface area contributed by atoms with Crippen molar-refractivity contribution in [1.29, 1.82) is 0 Å². The molecule has 4 N–H and O–H groups in total. The lowest BCUT2D eigenvalue weighted by molar-refractivity contribution is -0.119. The van der Waals surface area contributed by atoms with Crippen molar-refractivity contribution < 1.29 is 13.2 Å². The third-order valence-electron chi connectivity index (χ3n) is 1.99. The number of nitrogens with zero attached hydrogens (tertiary/aromatic N) is 1. The van der Waals surface area contributed by atoms with Gasteiger partial charge in [0.1, 0.15) is 5.82 Å². The lowest BCUT2D eigenvalue weighted by Crippen LogP contribution is -2.42. The Hall–Kier alpha value is -1.41. The van der Waals surface area contributed by atoms with Crippen LogP contribution in [0.1, 0.15) is 19.7 Å². The van der Waals surface area contributed by atoms with E-state index in [2.05, 4.69) is 14.7 Å². The minimum atomic E-state index is -3.76. The largest absolute Gasteiger partial charge is 0.368 e. The smallest absolute Gasteiger partial charge is 0.258 e. The van der Waals surface area contributed by atoms with E-state index in [1.165, 1.54) is 13.1 Å². The predicted octanol–water partition coefficient (Wildman–Crippen LogP) is -0.876. The summed E-state index contributed by atoms with van der Waals surface area (Å²) in [4.78, 5) is 17.2. The normalized spacial score (nSPS) is 13.6. The molecule has 0 aromatic carbocycles. The standard InChI is InChI=1S/C8H14N4O3S/c1-3-6-10-4-7(11-6)16(14,15)12-5(2)8(9)13/h4-5,12H,3H2,1-2H3,(H2,9,13)(H,10,11). The first-order valence-corrected chi connectivity index (χ1v) is 6.20. The summed E-state index contributed by atoms with van der Waals surface area (Å²) in [6.45, 7) is 3.21. The molecular formula is C8H14N4O3S. The molecule has 8 heteroatoms. The van der Waals surface area contributed by atoms with Crippen LogP contribution in [0.3, 0.4) is 0 Å². The Morgan fingerprint density at radius 1 is 1.69 bits per heavy atom. The number of amides is 1. The number of aromatic nitrogens is 2. The summed E-state index contributed by atoms with van der Waals surface area (Å²) in [7, 11) is -3.76. The van der Waals surface area contributed by atoms with Crippen LogP contribution in [0.15, 0.2) is 11.2 Å². The molecule has 0 saturated heterocycles. The van der Waals surface area contributed by atoms with Crippen molar-refractivity contribution in [3.05, 3.63) is 12.0 Å². The Morgan fingerprint density at radius 2 is 2.31 bits per heavy atom. The molecule has 0 fully saturated rings. The third-order valence-corrected chi connectivity index (χ3v) is 3.44. The van der Waals surface area contributed by atoms with Gasteiger partial charge in [-0.1, -0.05) is 6.92 Å². The number of aromatic amines is 1. The van der Waals surface area contributed by atoms with Gasteiger partial charge >= 0.3 is 0 Å². The lowest BCUT2D eigenvalue weighted by atomic mass is 10.4. The number of primary amides is 1. The fourth-order valence-corrected chi connectivity index (χ4v) is 2.17. The van der Waals surface area contributed by atoms with Crippen LogP contribution < -0.4 is 10.5 Å². The van der Waals surface area contributed by atoms with E-state index in [1.807, 2.05) is 6.92 Å². The van der Waals surface area contributed by atoms with Crippen molar-refractivity contribution in [3.63, 3.8) is 0 Å². The zero-order chi connectivity index (χ0) is 12.3. The van der Waals surface area contributed by atoms with Gasteiger partial charge in [0.25, 0.3) is 10.0 Å². The third kappa shape index (κ3) is 2.80. The fraction of sp³-hybridized carbons (Fsp3) is 0.500. The van der Waals surface area contributed by atoms with E-state index in [0.717, 1.165) is 0 Å². The number of hydrogen-bond acceptors (Lipinski definition) is 4. The monoisotopic (exact) mass is 246 g/mol. The van der Waals surface area contributed by atoms with Gasteiger partial charge < -0.3 is 10.7 Å². The Balaban J connectivity index is 2.90. The van der Waals surface area contributed by atoms with E-state index in [4.69, 9.17) is 5.73 Å². The molecule has 1 unspecified atom stereocenters. The lowest BCUT2D eigenvalue weighted by Gasteiger charge is -2.08. The molecule has 7 nitrogen and oxygen atoms in total. The highest BCUT2D eigenvalue weighted by molar-refractivity contribution is 7.89. The predicted molar refractivity (Wildman–Crippen MR) is 56.9 cm³/mol. The second kappa shape index (κ2) is 4.62. The molecular weight excluding hydrogens is 232 g/mol. The Morgan fingerprint density at radius 3 is 2.75 bits per heavy atom. The van der Waals surface area contributed by atoms with Crippen molar-refractivity contribution in [2.75, 3.05) is 0 Å². The molecule has 1 rings (SSSR count). The van der Waals surface area contributed by atoms with Gasteiger partial charge in [0.2, 0.25) is 5.91 Å². The molecule has 1 aromatic heterocycles. The van der Waals surface area contributed by atoms with Crippen molar-refractivity contribution in [3.8, 4) is 0 Å². The molecule has 0 radical (unpaired) electrons. The van der Waals surface area contributed by atoms with Crippen molar-refractivity contribution in [2.24, 2.45) is 5.73 Å². The summed E-state index contributed by atoms with van der Waals surface area (Å²) in [5.74, 6) is -0.175. The van der Waals surface area contributed by atoms with Gasteiger partial charge in [-0.15, -0.1) is 0 Å². The molecule has 0 spiro atoms. The number of hydrogen-bond donors (Lipinski definition) is 3. The number of imidazole rings is 1. The summed E-state index contributed by atoms with van der Waals surface area (Å²) in [6.07, 6.45) is 1.80. The molecule has 0 saturated carbocycles. The average Bonchev–Trinajstić information content (AvgIpc) is 2.65. The number of sulfonamides is 1. The molecule has 0 aliphatic carbocycles. The Kier molecular flexibility index (Phi) is 3.66. The quantitative estimate of drug-likeness (QED) is 0.625. The fourth-order valence-electron chi connectivity index (χ4n) is 1.01. The first kappa shape index (κ1) is 12.7. The van der Waals surface area contributed by atoms with Crippen molar-refractivity contribution in [1.82, 2.24) is 14.7 Å². The number of carbonyl (C=O) groups is 1. The molecule has 0 aliphatic rings. The molecule has 1 aromatic rings. The summed E-state index contributed by atoms with van der Waals surface area (Å²) in [6, 6.07) is -0.960. The Labute approximate surface area is 93.5 Å². The van der Waals surface area contributed by atoms with E-state index in [-0.39, 0.29) is 5.03 Å². The highest BCUT2D eigenvalue weighted by Crippen LogP contribution is 2.06. The van der Waals surface area contributed by atoms with Crippen LogP contribution in [0.4, 0.5) is 0 Å². The maximum absolute atomic E-state index is 11.7. The van der Waals surface area contributed by atoms with Crippen molar-refractivity contribution in [2.45, 2.75) is 31.3 Å². The zero-order valence-corrected chi connectivity index (χ0v) is 9.84. The first-order valence-electron chi connectivity index (χ1n) is 4.72. The van der Waals surface area contributed by atoms with E-state index < -0.39 is 22.0 Å². The van der Waals surface area contributed by atoms with Gasteiger partial charge in [-0.05, 0) is 6.92 Å². The summed E-state index contributed by atoms with van der Waals surface area (Å²) < 4.78 is 25.5. The maximum Gasteiger partial charge on any atom is 0.258 e. The zero-order valence-electron chi connectivity index (χ0n) is 9.02. The Bertz CT molecular complexity index is 479. The van der Waals surface area contributed by atoms with Gasteiger partial charge in [-0.3, -0.25) is 4.79 Å². The highest BCUT2D eigenvalue weighted by Gasteiger charge is 2.22. The molecule has 1 atom stereocenters. The van der Waals surface area contributed by atoms with Gasteiger partial charge in [0.15, 0.2) is 5.03 Å². The summed E-state index contributed by atoms with van der Waals surface area (Å²) in [5, 5.41) is -0.0718. The van der Waals surface area contributed by atoms with Gasteiger partial charge in [0, 0.05) is 6.42 Å². The summed E-state index contributed by atoms with van der Waals surface area (Å²) >= 11 is 0. The van der Waals surface area contributed by atoms with Crippen LogP contribution in [0.25, 0.3) is 0 Å². The molecule has 90 valence electrons. The number of aryl methyl sites for hydroxylation is 1. The van der Waals surface area contributed by atoms with E-state index in [0.29, 0.717) is 12.2 Å². The van der Waals surface area contributed by atoms with E-state index in [9.17, 15) is 13.2 Å². The second-order valence-electron chi connectivity index (χ2n) is 3.29. The molecule has 16 heavy (non-hydrogen) atoms. The van der Waals surface area contributed by atoms with Crippen LogP contribution in [0.5, 0.6) is 0 Å². The maximum atomic E-state index is 11.7. The highest BCUT2D eigenvalue weighted by atomic mass is 32.2. The van der Waals surface area contributed by atoms with Gasteiger partial charge in [-0.2, -0.15) is 4.72 Å². The van der Waals surface area contributed by atoms with Crippen LogP contribution in [-0.2, 0) is 21.2 Å². The topological polar surface area (TPSA) is 118 Å².